The number of nitrogens with one attached hydrogen (secondary N) is 1. The van der Waals surface area contributed by atoms with Crippen molar-refractivity contribution >= 4 is 22.6 Å². The Balaban J connectivity index is 1.74. The van der Waals surface area contributed by atoms with Crippen LogP contribution in [0.15, 0.2) is 42.5 Å². The molecule has 5 heteroatoms. The predicted octanol–water partition coefficient (Wildman–Crippen LogP) is 1.82. The average Bonchev–Trinajstić information content (AvgIpc) is 2.61. The second-order valence-corrected chi connectivity index (χ2v) is 5.66. The smallest absolute Gasteiger partial charge is 0.252 e. The summed E-state index contributed by atoms with van der Waals surface area (Å²) in [6.07, 6.45) is 0. The van der Waals surface area contributed by atoms with Crippen molar-refractivity contribution in [3.8, 4) is 0 Å². The van der Waals surface area contributed by atoms with E-state index in [0.717, 1.165) is 10.8 Å². The summed E-state index contributed by atoms with van der Waals surface area (Å²) < 4.78 is 5.25. The fourth-order valence-corrected chi connectivity index (χ4v) is 2.82. The van der Waals surface area contributed by atoms with Gasteiger partial charge in [0.2, 0.25) is 5.91 Å². The van der Waals surface area contributed by atoms with E-state index >= 15 is 0 Å². The lowest BCUT2D eigenvalue weighted by atomic mass is 10.0. The summed E-state index contributed by atoms with van der Waals surface area (Å²) >= 11 is 0. The number of amides is 2. The van der Waals surface area contributed by atoms with Crippen molar-refractivity contribution in [2.24, 2.45) is 0 Å². The van der Waals surface area contributed by atoms with E-state index in [1.54, 1.807) is 17.9 Å². The first-order valence-electron chi connectivity index (χ1n) is 7.82. The zero-order valence-corrected chi connectivity index (χ0v) is 13.1. The van der Waals surface area contributed by atoms with Crippen LogP contribution in [0.1, 0.15) is 17.3 Å². The van der Waals surface area contributed by atoms with Crippen LogP contribution in [-0.2, 0) is 9.53 Å². The molecule has 0 aliphatic carbocycles. The molecule has 23 heavy (non-hydrogen) atoms. The highest BCUT2D eigenvalue weighted by Crippen LogP contribution is 2.18. The van der Waals surface area contributed by atoms with Crippen LogP contribution < -0.4 is 5.32 Å². The number of hydrogen-bond donors (Lipinski definition) is 1. The van der Waals surface area contributed by atoms with Gasteiger partial charge in [0.1, 0.15) is 6.04 Å². The molecule has 0 radical (unpaired) electrons. The van der Waals surface area contributed by atoms with Gasteiger partial charge in [-0.05, 0) is 23.8 Å². The SMILES string of the molecule is CC(NC(=O)c1cccc2ccccc12)C(=O)N1CCOCC1. The van der Waals surface area contributed by atoms with Crippen LogP contribution in [-0.4, -0.2) is 49.1 Å². The van der Waals surface area contributed by atoms with E-state index in [4.69, 9.17) is 4.74 Å². The van der Waals surface area contributed by atoms with E-state index in [9.17, 15) is 9.59 Å². The minimum atomic E-state index is -0.556. The zero-order valence-electron chi connectivity index (χ0n) is 13.1. The maximum Gasteiger partial charge on any atom is 0.252 e. The number of carbonyl (C=O) groups is 2. The van der Waals surface area contributed by atoms with Crippen molar-refractivity contribution in [1.82, 2.24) is 10.2 Å². The molecule has 2 amide bonds. The van der Waals surface area contributed by atoms with Gasteiger partial charge >= 0.3 is 0 Å². The minimum Gasteiger partial charge on any atom is -0.378 e. The van der Waals surface area contributed by atoms with Gasteiger partial charge in [0.15, 0.2) is 0 Å². The molecule has 3 rings (SSSR count). The molecular formula is C18H20N2O3. The summed E-state index contributed by atoms with van der Waals surface area (Å²) in [5.41, 5.74) is 0.588. The second-order valence-electron chi connectivity index (χ2n) is 5.66. The Morgan fingerprint density at radius 3 is 2.57 bits per heavy atom. The van der Waals surface area contributed by atoms with Crippen LogP contribution in [0.25, 0.3) is 10.8 Å². The standard InChI is InChI=1S/C18H20N2O3/c1-13(18(22)20-9-11-23-12-10-20)19-17(21)16-8-4-6-14-5-2-3-7-15(14)16/h2-8,13H,9-12H2,1H3,(H,19,21). The third kappa shape index (κ3) is 3.35. The number of nitrogens with zero attached hydrogens (tertiary/aromatic N) is 1. The number of morpholine rings is 1. The van der Waals surface area contributed by atoms with Crippen LogP contribution in [0.3, 0.4) is 0 Å². The summed E-state index contributed by atoms with van der Waals surface area (Å²) in [6, 6.07) is 12.8. The fraction of sp³-hybridized carbons (Fsp3) is 0.333. The first-order valence-corrected chi connectivity index (χ1v) is 7.82. The molecule has 1 aliphatic rings. The Morgan fingerprint density at radius 1 is 1.09 bits per heavy atom. The average molecular weight is 312 g/mol. The molecule has 120 valence electrons. The van der Waals surface area contributed by atoms with Crippen molar-refractivity contribution in [3.63, 3.8) is 0 Å². The third-order valence-corrected chi connectivity index (χ3v) is 4.08. The lowest BCUT2D eigenvalue weighted by Gasteiger charge is -2.29. The van der Waals surface area contributed by atoms with E-state index in [2.05, 4.69) is 5.32 Å². The van der Waals surface area contributed by atoms with Crippen molar-refractivity contribution in [2.75, 3.05) is 26.3 Å². The van der Waals surface area contributed by atoms with E-state index in [1.807, 2.05) is 36.4 Å². The number of carbonyl (C=O) groups excluding carboxylic acids is 2. The number of fused-ring (bicyclic) bond motifs is 1. The first-order chi connectivity index (χ1) is 11.2. The van der Waals surface area contributed by atoms with E-state index in [0.29, 0.717) is 31.9 Å². The van der Waals surface area contributed by atoms with Crippen LogP contribution in [0.4, 0.5) is 0 Å². The number of hydrogen-bond acceptors (Lipinski definition) is 3. The molecule has 1 saturated heterocycles. The highest BCUT2D eigenvalue weighted by atomic mass is 16.5. The van der Waals surface area contributed by atoms with Gasteiger partial charge in [0.05, 0.1) is 13.2 Å². The lowest BCUT2D eigenvalue weighted by Crippen LogP contribution is -2.50. The Kier molecular flexibility index (Phi) is 4.57. The van der Waals surface area contributed by atoms with Gasteiger partial charge in [0.25, 0.3) is 5.91 Å². The number of benzene rings is 2. The molecule has 2 aromatic carbocycles. The molecule has 1 heterocycles. The van der Waals surface area contributed by atoms with E-state index in [-0.39, 0.29) is 11.8 Å². The summed E-state index contributed by atoms with van der Waals surface area (Å²) in [5.74, 6) is -0.294. The normalized spacial score (nSPS) is 16.1. The maximum atomic E-state index is 12.5. The molecule has 0 aromatic heterocycles. The van der Waals surface area contributed by atoms with Crippen LogP contribution in [0.2, 0.25) is 0 Å². The molecule has 1 atom stereocenters. The molecular weight excluding hydrogens is 292 g/mol. The predicted molar refractivity (Wildman–Crippen MR) is 88.3 cm³/mol. The largest absolute Gasteiger partial charge is 0.378 e. The summed E-state index contributed by atoms with van der Waals surface area (Å²) in [4.78, 5) is 26.7. The Morgan fingerprint density at radius 2 is 1.78 bits per heavy atom. The molecule has 1 aliphatic heterocycles. The van der Waals surface area contributed by atoms with Crippen molar-refractivity contribution in [1.29, 1.82) is 0 Å². The highest BCUT2D eigenvalue weighted by molar-refractivity contribution is 6.08. The van der Waals surface area contributed by atoms with E-state index < -0.39 is 6.04 Å². The topological polar surface area (TPSA) is 58.6 Å². The quantitative estimate of drug-likeness (QED) is 0.940. The monoisotopic (exact) mass is 312 g/mol. The number of ether oxygens (including phenoxy) is 1. The first kappa shape index (κ1) is 15.5. The molecule has 0 spiro atoms. The Labute approximate surface area is 135 Å². The minimum absolute atomic E-state index is 0.0677. The van der Waals surface area contributed by atoms with Gasteiger partial charge < -0.3 is 15.0 Å². The summed E-state index contributed by atoms with van der Waals surface area (Å²) in [5, 5.41) is 4.71. The van der Waals surface area contributed by atoms with Gasteiger partial charge in [0, 0.05) is 18.7 Å². The van der Waals surface area contributed by atoms with Crippen molar-refractivity contribution < 1.29 is 14.3 Å². The van der Waals surface area contributed by atoms with Crippen molar-refractivity contribution in [2.45, 2.75) is 13.0 Å². The molecule has 0 saturated carbocycles. The summed E-state index contributed by atoms with van der Waals surface area (Å²) in [7, 11) is 0. The van der Waals surface area contributed by atoms with Gasteiger partial charge in [-0.15, -0.1) is 0 Å². The van der Waals surface area contributed by atoms with Crippen LogP contribution in [0.5, 0.6) is 0 Å². The van der Waals surface area contributed by atoms with Gasteiger partial charge in [-0.2, -0.15) is 0 Å². The Hall–Kier alpha value is -2.40. The molecule has 1 N–H and O–H groups in total. The van der Waals surface area contributed by atoms with Crippen LogP contribution >= 0.6 is 0 Å². The maximum absolute atomic E-state index is 12.5. The molecule has 1 unspecified atom stereocenters. The molecule has 5 nitrogen and oxygen atoms in total. The van der Waals surface area contributed by atoms with Crippen molar-refractivity contribution in [3.05, 3.63) is 48.0 Å². The van der Waals surface area contributed by atoms with Gasteiger partial charge in [-0.3, -0.25) is 9.59 Å². The lowest BCUT2D eigenvalue weighted by molar-refractivity contribution is -0.136. The third-order valence-electron chi connectivity index (χ3n) is 4.08. The molecule has 0 bridgehead atoms. The van der Waals surface area contributed by atoms with Crippen LogP contribution in [0, 0.1) is 0 Å². The highest BCUT2D eigenvalue weighted by Gasteiger charge is 2.24. The fourth-order valence-electron chi connectivity index (χ4n) is 2.82. The molecule has 2 aromatic rings. The zero-order chi connectivity index (χ0) is 16.2. The van der Waals surface area contributed by atoms with Gasteiger partial charge in [-0.25, -0.2) is 0 Å². The van der Waals surface area contributed by atoms with E-state index in [1.165, 1.54) is 0 Å². The molecule has 1 fully saturated rings. The van der Waals surface area contributed by atoms with Gasteiger partial charge in [-0.1, -0.05) is 36.4 Å². The summed E-state index contributed by atoms with van der Waals surface area (Å²) in [6.45, 7) is 3.98. The number of rotatable bonds is 3. The Bertz CT molecular complexity index is 718. The second kappa shape index (κ2) is 6.79.